The minimum atomic E-state index is -0.356. The van der Waals surface area contributed by atoms with Crippen LogP contribution in [0, 0.1) is 5.82 Å². The molecule has 0 saturated carbocycles. The first-order valence-electron chi connectivity index (χ1n) is 8.85. The predicted molar refractivity (Wildman–Crippen MR) is 116 cm³/mol. The molecule has 0 aliphatic carbocycles. The number of aromatic nitrogens is 4. The molecule has 152 valence electrons. The highest BCUT2D eigenvalue weighted by Crippen LogP contribution is 2.27. The number of halogens is 2. The average Bonchev–Trinajstić information content (AvgIpc) is 3.44. The van der Waals surface area contributed by atoms with E-state index in [-0.39, 0.29) is 23.5 Å². The van der Waals surface area contributed by atoms with Gasteiger partial charge in [-0.3, -0.25) is 4.79 Å². The number of tetrazole rings is 1. The lowest BCUT2D eigenvalue weighted by molar-refractivity contribution is -0.119. The summed E-state index contributed by atoms with van der Waals surface area (Å²) >= 11 is 8.68. The Morgan fingerprint density at radius 1 is 1.17 bits per heavy atom. The Balaban J connectivity index is 1.46. The van der Waals surface area contributed by atoms with Crippen molar-refractivity contribution < 1.29 is 9.18 Å². The Kier molecular flexibility index (Phi) is 6.41. The average molecular weight is 460 g/mol. The van der Waals surface area contributed by atoms with E-state index in [0.29, 0.717) is 10.2 Å². The molecule has 10 heteroatoms. The molecule has 1 N–H and O–H groups in total. The van der Waals surface area contributed by atoms with Crippen LogP contribution < -0.4 is 5.32 Å². The smallest absolute Gasteiger partial charge is 0.231 e. The second-order valence-electron chi connectivity index (χ2n) is 6.21. The summed E-state index contributed by atoms with van der Waals surface area (Å²) in [6, 6.07) is 16.7. The van der Waals surface area contributed by atoms with Crippen LogP contribution in [-0.2, 0) is 4.79 Å². The van der Waals surface area contributed by atoms with Crippen LogP contribution in [0.4, 0.5) is 4.39 Å². The lowest BCUT2D eigenvalue weighted by atomic mass is 10.1. The number of carbonyl (C=O) groups is 1. The van der Waals surface area contributed by atoms with E-state index in [1.807, 2.05) is 17.5 Å². The molecule has 0 unspecified atom stereocenters. The standard InChI is InChI=1S/C20H15ClFN5OS2/c21-14-5-9-16(10-6-14)27-20(24-25-26-27)30-12-18(28)23-19(17-2-1-11-29-17)13-3-7-15(22)8-4-13/h1-11,19H,12H2,(H,23,28)/t19-/m1/s1. The molecule has 4 rings (SSSR count). The molecule has 2 aromatic heterocycles. The third-order valence-electron chi connectivity index (χ3n) is 4.18. The van der Waals surface area contributed by atoms with Gasteiger partial charge in [0.1, 0.15) is 5.82 Å². The summed E-state index contributed by atoms with van der Waals surface area (Å²) in [4.78, 5) is 13.6. The maximum Gasteiger partial charge on any atom is 0.231 e. The highest BCUT2D eigenvalue weighted by Gasteiger charge is 2.19. The molecule has 0 radical (unpaired) electrons. The summed E-state index contributed by atoms with van der Waals surface area (Å²) in [5.41, 5.74) is 1.55. The molecule has 1 atom stereocenters. The van der Waals surface area contributed by atoms with Crippen LogP contribution in [0.5, 0.6) is 0 Å². The Hall–Kier alpha value is -2.75. The number of carbonyl (C=O) groups excluding carboxylic acids is 1. The zero-order valence-electron chi connectivity index (χ0n) is 15.4. The van der Waals surface area contributed by atoms with Crippen molar-refractivity contribution in [3.63, 3.8) is 0 Å². The van der Waals surface area contributed by atoms with E-state index in [9.17, 15) is 9.18 Å². The van der Waals surface area contributed by atoms with E-state index >= 15 is 0 Å². The Labute approximate surface area is 185 Å². The summed E-state index contributed by atoms with van der Waals surface area (Å²) in [6.45, 7) is 0. The lowest BCUT2D eigenvalue weighted by Crippen LogP contribution is -2.30. The SMILES string of the molecule is O=C(CSc1nnnn1-c1ccc(Cl)cc1)N[C@H](c1ccc(F)cc1)c1cccs1. The van der Waals surface area contributed by atoms with Crippen molar-refractivity contribution >= 4 is 40.6 Å². The van der Waals surface area contributed by atoms with Crippen molar-refractivity contribution in [1.29, 1.82) is 0 Å². The number of thiophene rings is 1. The molecule has 30 heavy (non-hydrogen) atoms. The first-order valence-corrected chi connectivity index (χ1v) is 11.1. The normalized spacial score (nSPS) is 11.9. The molecule has 0 bridgehead atoms. The summed E-state index contributed by atoms with van der Waals surface area (Å²) < 4.78 is 14.9. The third-order valence-corrected chi connectivity index (χ3v) is 6.29. The van der Waals surface area contributed by atoms with Crippen molar-refractivity contribution in [2.75, 3.05) is 5.75 Å². The van der Waals surface area contributed by atoms with Gasteiger partial charge in [0.2, 0.25) is 11.1 Å². The summed E-state index contributed by atoms with van der Waals surface area (Å²) in [6.07, 6.45) is 0. The maximum atomic E-state index is 13.3. The topological polar surface area (TPSA) is 72.7 Å². The van der Waals surface area contributed by atoms with Crippen LogP contribution >= 0.6 is 34.7 Å². The first-order chi connectivity index (χ1) is 14.6. The van der Waals surface area contributed by atoms with Crippen LogP contribution in [0.15, 0.2) is 71.2 Å². The van der Waals surface area contributed by atoms with Gasteiger partial charge in [-0.05, 0) is 63.8 Å². The van der Waals surface area contributed by atoms with Gasteiger partial charge in [-0.15, -0.1) is 16.4 Å². The van der Waals surface area contributed by atoms with Crippen LogP contribution in [0.25, 0.3) is 5.69 Å². The number of nitrogens with one attached hydrogen (secondary N) is 1. The fraction of sp³-hybridized carbons (Fsp3) is 0.100. The fourth-order valence-corrected chi connectivity index (χ4v) is 4.41. The van der Waals surface area contributed by atoms with E-state index < -0.39 is 0 Å². The molecule has 0 fully saturated rings. The van der Waals surface area contributed by atoms with Crippen LogP contribution in [0.1, 0.15) is 16.5 Å². The number of hydrogen-bond donors (Lipinski definition) is 1. The molecule has 0 aliphatic rings. The molecule has 6 nitrogen and oxygen atoms in total. The Morgan fingerprint density at radius 3 is 2.63 bits per heavy atom. The first kappa shape index (κ1) is 20.5. The largest absolute Gasteiger partial charge is 0.344 e. The van der Waals surface area contributed by atoms with Gasteiger partial charge in [-0.1, -0.05) is 41.6 Å². The molecule has 0 saturated heterocycles. The van der Waals surface area contributed by atoms with E-state index in [2.05, 4.69) is 20.8 Å². The van der Waals surface area contributed by atoms with Gasteiger partial charge in [-0.25, -0.2) is 4.39 Å². The van der Waals surface area contributed by atoms with Gasteiger partial charge in [0.25, 0.3) is 0 Å². The Bertz CT molecular complexity index is 1120. The van der Waals surface area contributed by atoms with Crippen LogP contribution in [-0.4, -0.2) is 31.9 Å². The number of hydrogen-bond acceptors (Lipinski definition) is 6. The molecule has 1 amide bonds. The van der Waals surface area contributed by atoms with Gasteiger partial charge in [0, 0.05) is 9.90 Å². The minimum absolute atomic E-state index is 0.122. The van der Waals surface area contributed by atoms with Gasteiger partial charge in [0.05, 0.1) is 17.5 Å². The van der Waals surface area contributed by atoms with Gasteiger partial charge in [-0.2, -0.15) is 4.68 Å². The predicted octanol–water partition coefficient (Wildman–Crippen LogP) is 4.51. The molecule has 0 spiro atoms. The highest BCUT2D eigenvalue weighted by atomic mass is 35.5. The van der Waals surface area contributed by atoms with E-state index in [1.165, 1.54) is 35.2 Å². The number of rotatable bonds is 7. The van der Waals surface area contributed by atoms with Crippen molar-refractivity contribution in [2.24, 2.45) is 0 Å². The van der Waals surface area contributed by atoms with Crippen molar-refractivity contribution in [3.8, 4) is 5.69 Å². The monoisotopic (exact) mass is 459 g/mol. The second kappa shape index (κ2) is 9.38. The molecule has 4 aromatic rings. The summed E-state index contributed by atoms with van der Waals surface area (Å²) in [5, 5.41) is 17.7. The van der Waals surface area contributed by atoms with Gasteiger partial charge in [0.15, 0.2) is 0 Å². The minimum Gasteiger partial charge on any atom is -0.344 e. The van der Waals surface area contributed by atoms with Crippen LogP contribution in [0.2, 0.25) is 5.02 Å². The zero-order chi connectivity index (χ0) is 20.9. The van der Waals surface area contributed by atoms with Gasteiger partial charge >= 0.3 is 0 Å². The zero-order valence-corrected chi connectivity index (χ0v) is 17.8. The number of nitrogens with zero attached hydrogens (tertiary/aromatic N) is 4. The molecular formula is C20H15ClFN5OS2. The fourth-order valence-electron chi connectivity index (χ4n) is 2.78. The van der Waals surface area contributed by atoms with Crippen molar-refractivity contribution in [1.82, 2.24) is 25.5 Å². The Morgan fingerprint density at radius 2 is 1.93 bits per heavy atom. The summed E-state index contributed by atoms with van der Waals surface area (Å²) in [5.74, 6) is -0.384. The quantitative estimate of drug-likeness (QED) is 0.411. The number of thioether (sulfide) groups is 1. The highest BCUT2D eigenvalue weighted by molar-refractivity contribution is 7.99. The molecule has 0 aliphatic heterocycles. The van der Waals surface area contributed by atoms with E-state index in [1.54, 1.807) is 41.1 Å². The lowest BCUT2D eigenvalue weighted by Gasteiger charge is -2.18. The van der Waals surface area contributed by atoms with E-state index in [0.717, 1.165) is 16.1 Å². The van der Waals surface area contributed by atoms with Gasteiger partial charge < -0.3 is 5.32 Å². The molecule has 2 aromatic carbocycles. The molecule has 2 heterocycles. The summed E-state index contributed by atoms with van der Waals surface area (Å²) in [7, 11) is 0. The number of amides is 1. The number of benzene rings is 2. The van der Waals surface area contributed by atoms with Crippen LogP contribution in [0.3, 0.4) is 0 Å². The second-order valence-corrected chi connectivity index (χ2v) is 8.56. The third kappa shape index (κ3) is 4.86. The van der Waals surface area contributed by atoms with E-state index in [4.69, 9.17) is 11.6 Å². The molecular weight excluding hydrogens is 445 g/mol. The van der Waals surface area contributed by atoms with Crippen molar-refractivity contribution in [2.45, 2.75) is 11.2 Å². The van der Waals surface area contributed by atoms with Crippen molar-refractivity contribution in [3.05, 3.63) is 87.3 Å². The maximum absolute atomic E-state index is 13.3.